The Kier molecular flexibility index (Phi) is 21.3. The highest BCUT2D eigenvalue weighted by Gasteiger charge is 2.63. The van der Waals surface area contributed by atoms with Crippen LogP contribution in [0.1, 0.15) is 127 Å². The predicted molar refractivity (Wildman–Crippen MR) is 256 cm³/mol. The third kappa shape index (κ3) is 14.9. The van der Waals surface area contributed by atoms with Gasteiger partial charge in [-0.3, -0.25) is 29.3 Å². The van der Waals surface area contributed by atoms with Crippen LogP contribution in [0, 0.1) is 22.0 Å². The first-order valence-corrected chi connectivity index (χ1v) is 24.2. The maximum absolute atomic E-state index is 13.5. The summed E-state index contributed by atoms with van der Waals surface area (Å²) in [6, 6.07) is 3.27. The van der Waals surface area contributed by atoms with E-state index in [0.29, 0.717) is 25.7 Å². The summed E-state index contributed by atoms with van der Waals surface area (Å²) in [7, 11) is 0. The third-order valence-corrected chi connectivity index (χ3v) is 13.0. The van der Waals surface area contributed by atoms with E-state index in [1.807, 2.05) is 12.2 Å². The molecule has 0 spiro atoms. The first-order chi connectivity index (χ1) is 33.0. The zero-order valence-corrected chi connectivity index (χ0v) is 40.2. The monoisotopic (exact) mass is 962 g/mol. The highest BCUT2D eigenvalue weighted by Crippen LogP contribution is 2.47. The van der Waals surface area contributed by atoms with E-state index in [4.69, 9.17) is 14.2 Å². The average molecular weight is 962 g/mol. The van der Waals surface area contributed by atoms with Crippen LogP contribution in [0.2, 0.25) is 0 Å². The van der Waals surface area contributed by atoms with Gasteiger partial charge in [0.2, 0.25) is 23.6 Å². The maximum atomic E-state index is 13.5. The number of non-ortho nitro benzene ring substituents is 1. The number of nitro groups is 1. The van der Waals surface area contributed by atoms with Gasteiger partial charge in [0.25, 0.3) is 5.69 Å². The Labute approximate surface area is 405 Å². The Morgan fingerprint density at radius 3 is 1.58 bits per heavy atom. The molecular formula is C51H71N5O13. The lowest BCUT2D eigenvalue weighted by atomic mass is 10.1. The van der Waals surface area contributed by atoms with Gasteiger partial charge in [0.15, 0.2) is 0 Å². The molecule has 378 valence electrons. The summed E-state index contributed by atoms with van der Waals surface area (Å²) >= 11 is 0. The number of amides is 4. The molecule has 2 saturated heterocycles. The van der Waals surface area contributed by atoms with Crippen LogP contribution >= 0.6 is 0 Å². The lowest BCUT2D eigenvalue weighted by molar-refractivity contribution is -0.384. The number of ether oxygens (including phenoxy) is 3. The third-order valence-electron chi connectivity index (χ3n) is 13.0. The van der Waals surface area contributed by atoms with Crippen LogP contribution in [-0.2, 0) is 43.0 Å². The molecule has 1 aromatic rings. The van der Waals surface area contributed by atoms with Gasteiger partial charge in [-0.25, -0.2) is 14.4 Å². The zero-order valence-electron chi connectivity index (χ0n) is 40.2. The SMILES string of the molecule is C=CCCCCCCC(=O)N1C[C@@H](O)C[C@H]1C(=O)N[C@]1(C(=O)OCC)C[C@H]1C=C.C=CCCCCCCC(=O)N1C[C@H](OC(=O)c2ccc([N+](=O)[O-])cc2)C[C@H]1C(=O)N[C@]1(C(=O)OCC)C[C@H]1C=C. The molecule has 0 radical (unpaired) electrons. The summed E-state index contributed by atoms with van der Waals surface area (Å²) in [5.41, 5.74) is -2.36. The van der Waals surface area contributed by atoms with Crippen molar-refractivity contribution in [2.45, 2.75) is 152 Å². The molecule has 1 aromatic carbocycles. The quantitative estimate of drug-likeness (QED) is 0.0230. The van der Waals surface area contributed by atoms with E-state index in [9.17, 15) is 48.8 Å². The van der Waals surface area contributed by atoms with Gasteiger partial charge < -0.3 is 39.8 Å². The highest BCUT2D eigenvalue weighted by atomic mass is 16.6. The summed E-state index contributed by atoms with van der Waals surface area (Å²) in [6.07, 6.45) is 16.2. The van der Waals surface area contributed by atoms with Gasteiger partial charge in [-0.2, -0.15) is 0 Å². The lowest BCUT2D eigenvalue weighted by Gasteiger charge is -2.26. The number of allylic oxidation sites excluding steroid dienone is 2. The molecule has 4 fully saturated rings. The second-order valence-corrected chi connectivity index (χ2v) is 18.0. The minimum absolute atomic E-state index is 0.0173. The summed E-state index contributed by atoms with van der Waals surface area (Å²) in [4.78, 5) is 103. The topological polar surface area (TPSA) is 241 Å². The van der Waals surface area contributed by atoms with Crippen LogP contribution < -0.4 is 10.6 Å². The van der Waals surface area contributed by atoms with E-state index in [1.165, 1.54) is 34.1 Å². The number of aliphatic hydroxyl groups is 1. The molecule has 2 aliphatic heterocycles. The Balaban J connectivity index is 0.000000317. The van der Waals surface area contributed by atoms with E-state index < -0.39 is 70.0 Å². The number of esters is 3. The van der Waals surface area contributed by atoms with Crippen LogP contribution in [0.25, 0.3) is 0 Å². The van der Waals surface area contributed by atoms with Crippen molar-refractivity contribution in [3.63, 3.8) is 0 Å². The van der Waals surface area contributed by atoms with E-state index >= 15 is 0 Å². The van der Waals surface area contributed by atoms with Crippen molar-refractivity contribution in [2.24, 2.45) is 11.8 Å². The maximum Gasteiger partial charge on any atom is 0.338 e. The lowest BCUT2D eigenvalue weighted by Crippen LogP contribution is -2.53. The van der Waals surface area contributed by atoms with Gasteiger partial charge in [0, 0.05) is 56.2 Å². The largest absolute Gasteiger partial charge is 0.464 e. The number of nitrogens with zero attached hydrogens (tertiary/aromatic N) is 3. The molecule has 2 heterocycles. The first-order valence-electron chi connectivity index (χ1n) is 24.2. The number of rotatable bonds is 27. The highest BCUT2D eigenvalue weighted by molar-refractivity contribution is 5.97. The molecule has 4 aliphatic rings. The molecule has 8 atom stereocenters. The van der Waals surface area contributed by atoms with Crippen molar-refractivity contribution >= 4 is 47.2 Å². The molecule has 0 bridgehead atoms. The Hall–Kier alpha value is -6.17. The standard InChI is InChI=1S/C29H37N3O8.C22H34N2O5/c1-4-7-8-9-10-11-12-25(33)31-19-23(40-27(35)20-13-15-22(16-14-20)32(37)38)17-24(31)26(34)30-29(18-21(29)5-2)28(36)39-6-3;1-4-7-8-9-10-11-12-19(26)24-15-17(25)13-18(24)20(27)23-22(14-16(22)5-2)21(28)29-6-3/h4-5,13-16,21,23-24H,1-2,6-12,17-19H2,3H3,(H,30,34);4-5,16-18,25H,1-2,6-15H2,3H3,(H,23,27)/t21-,23-,24+,29-;16-,17+,18+,22-/m11/s1. The fourth-order valence-electron chi connectivity index (χ4n) is 8.94. The fourth-order valence-corrected chi connectivity index (χ4v) is 8.94. The number of likely N-dealkylation sites (tertiary alicyclic amines) is 2. The van der Waals surface area contributed by atoms with Crippen LogP contribution in [0.3, 0.4) is 0 Å². The number of β-amino-alcohol motifs (C(OH)–C–C–N with tert-alkyl or cyclic N) is 1. The number of unbranched alkanes of at least 4 members (excludes halogenated alkanes) is 8. The number of hydrogen-bond donors (Lipinski definition) is 3. The number of benzene rings is 1. The molecule has 2 saturated carbocycles. The molecule has 0 unspecified atom stereocenters. The second kappa shape index (κ2) is 26.5. The number of aliphatic hydroxyl groups excluding tert-OH is 1. The van der Waals surface area contributed by atoms with Gasteiger partial charge in [-0.05, 0) is 77.3 Å². The summed E-state index contributed by atoms with van der Waals surface area (Å²) in [6.45, 7) is 18.8. The van der Waals surface area contributed by atoms with Crippen LogP contribution in [-0.4, -0.2) is 123 Å². The van der Waals surface area contributed by atoms with Crippen molar-refractivity contribution < 1.29 is 57.8 Å². The number of nitrogens with one attached hydrogen (secondary N) is 2. The van der Waals surface area contributed by atoms with Gasteiger partial charge >= 0.3 is 17.9 Å². The van der Waals surface area contributed by atoms with Crippen molar-refractivity contribution in [1.82, 2.24) is 20.4 Å². The Bertz CT molecular complexity index is 2040. The number of carbonyl (C=O) groups excluding carboxylic acids is 7. The van der Waals surface area contributed by atoms with Gasteiger partial charge in [0.05, 0.1) is 36.3 Å². The van der Waals surface area contributed by atoms with E-state index in [-0.39, 0.29) is 80.5 Å². The van der Waals surface area contributed by atoms with E-state index in [1.54, 1.807) is 26.0 Å². The Morgan fingerprint density at radius 2 is 1.16 bits per heavy atom. The molecule has 5 rings (SSSR count). The van der Waals surface area contributed by atoms with Crippen LogP contribution in [0.15, 0.2) is 74.9 Å². The van der Waals surface area contributed by atoms with Crippen LogP contribution in [0.5, 0.6) is 0 Å². The fraction of sp³-hybridized carbons (Fsp3) is 0.588. The van der Waals surface area contributed by atoms with E-state index in [0.717, 1.165) is 57.8 Å². The molecular weight excluding hydrogens is 891 g/mol. The molecule has 0 aromatic heterocycles. The second-order valence-electron chi connectivity index (χ2n) is 18.0. The molecule has 2 aliphatic carbocycles. The molecule has 4 amide bonds. The Morgan fingerprint density at radius 1 is 0.710 bits per heavy atom. The minimum atomic E-state index is -1.22. The van der Waals surface area contributed by atoms with Crippen molar-refractivity contribution in [3.05, 3.63) is 90.6 Å². The normalized spacial score (nSPS) is 25.1. The van der Waals surface area contributed by atoms with Gasteiger partial charge in [-0.1, -0.05) is 50.0 Å². The summed E-state index contributed by atoms with van der Waals surface area (Å²) < 4.78 is 15.9. The average Bonchev–Trinajstić information content (AvgIpc) is 4.12. The predicted octanol–water partition coefficient (Wildman–Crippen LogP) is 5.97. The number of hydrogen-bond acceptors (Lipinski definition) is 13. The van der Waals surface area contributed by atoms with Crippen LogP contribution in [0.4, 0.5) is 5.69 Å². The molecule has 18 heteroatoms. The van der Waals surface area contributed by atoms with Crippen molar-refractivity contribution in [3.8, 4) is 0 Å². The summed E-state index contributed by atoms with van der Waals surface area (Å²) in [5, 5.41) is 26.5. The van der Waals surface area contributed by atoms with Gasteiger partial charge in [-0.15, -0.1) is 26.3 Å². The number of nitro benzene ring substituents is 1. The number of carbonyl (C=O) groups is 7. The zero-order chi connectivity index (χ0) is 50.7. The molecule has 3 N–H and O–H groups in total. The molecule has 69 heavy (non-hydrogen) atoms. The molecule has 18 nitrogen and oxygen atoms in total. The van der Waals surface area contributed by atoms with Gasteiger partial charge in [0.1, 0.15) is 29.3 Å². The van der Waals surface area contributed by atoms with Crippen molar-refractivity contribution in [1.29, 1.82) is 0 Å². The summed E-state index contributed by atoms with van der Waals surface area (Å²) in [5.74, 6) is -3.52. The smallest absolute Gasteiger partial charge is 0.338 e. The minimum Gasteiger partial charge on any atom is -0.464 e. The van der Waals surface area contributed by atoms with E-state index in [2.05, 4.69) is 36.9 Å². The first kappa shape index (κ1) is 55.4. The van der Waals surface area contributed by atoms with Crippen molar-refractivity contribution in [2.75, 3.05) is 26.3 Å².